The van der Waals surface area contributed by atoms with Crippen molar-refractivity contribution >= 4 is 10.0 Å². The van der Waals surface area contributed by atoms with E-state index >= 15 is 0 Å². The Labute approximate surface area is 88.2 Å². The lowest BCUT2D eigenvalue weighted by molar-refractivity contribution is 0.117. The zero-order valence-electron chi connectivity index (χ0n) is 8.37. The minimum Gasteiger partial charge on any atom is -0.396 e. The van der Waals surface area contributed by atoms with Crippen LogP contribution < -0.4 is 0 Å². The van der Waals surface area contributed by atoms with Crippen LogP contribution in [0.3, 0.4) is 0 Å². The van der Waals surface area contributed by atoms with Gasteiger partial charge in [-0.3, -0.25) is 4.68 Å². The Kier molecular flexibility index (Phi) is 2.53. The first-order valence-electron chi connectivity index (χ1n) is 4.64. The fourth-order valence-electron chi connectivity index (χ4n) is 1.58. The Balaban J connectivity index is 2.19. The predicted octanol–water partition coefficient (Wildman–Crippen LogP) is -0.967. The van der Waals surface area contributed by atoms with Gasteiger partial charge in [0.25, 0.3) is 10.0 Å². The van der Waals surface area contributed by atoms with Crippen molar-refractivity contribution in [1.82, 2.24) is 14.1 Å². The molecule has 7 heteroatoms. The fraction of sp³-hybridized carbons (Fsp3) is 0.625. The highest BCUT2D eigenvalue weighted by Gasteiger charge is 2.37. The number of aliphatic hydroxyl groups is 1. The van der Waals surface area contributed by atoms with E-state index in [1.807, 2.05) is 0 Å². The van der Waals surface area contributed by atoms with Crippen molar-refractivity contribution in [2.75, 3.05) is 19.7 Å². The first kappa shape index (κ1) is 10.6. The third-order valence-corrected chi connectivity index (χ3v) is 4.47. The van der Waals surface area contributed by atoms with Crippen LogP contribution in [0.25, 0.3) is 0 Å². The summed E-state index contributed by atoms with van der Waals surface area (Å²) in [5.41, 5.74) is 0. The van der Waals surface area contributed by atoms with Gasteiger partial charge in [0.2, 0.25) is 0 Å². The summed E-state index contributed by atoms with van der Waals surface area (Å²) in [5.74, 6) is 0.0769. The number of hydrogen-bond acceptors (Lipinski definition) is 4. The molecule has 1 aliphatic heterocycles. The Hall–Kier alpha value is -0.920. The van der Waals surface area contributed by atoms with Gasteiger partial charge in [0.05, 0.1) is 6.20 Å². The molecule has 6 nitrogen and oxygen atoms in total. The molecule has 1 aromatic heterocycles. The largest absolute Gasteiger partial charge is 0.396 e. The van der Waals surface area contributed by atoms with Crippen LogP contribution in [0.15, 0.2) is 17.3 Å². The maximum Gasteiger partial charge on any atom is 0.260 e. The van der Waals surface area contributed by atoms with Gasteiger partial charge in [-0.2, -0.15) is 9.40 Å². The van der Waals surface area contributed by atoms with Crippen molar-refractivity contribution < 1.29 is 13.5 Å². The maximum atomic E-state index is 11.9. The molecule has 1 saturated heterocycles. The zero-order valence-corrected chi connectivity index (χ0v) is 9.18. The molecule has 0 saturated carbocycles. The van der Waals surface area contributed by atoms with Crippen molar-refractivity contribution in [2.24, 2.45) is 13.0 Å². The second kappa shape index (κ2) is 3.58. The molecule has 1 fully saturated rings. The first-order valence-corrected chi connectivity index (χ1v) is 6.08. The summed E-state index contributed by atoms with van der Waals surface area (Å²) < 4.78 is 26.6. The summed E-state index contributed by atoms with van der Waals surface area (Å²) in [6, 6.07) is 1.47. The van der Waals surface area contributed by atoms with Crippen LogP contribution >= 0.6 is 0 Å². The molecule has 0 bridgehead atoms. The summed E-state index contributed by atoms with van der Waals surface area (Å²) in [7, 11) is -1.82. The monoisotopic (exact) mass is 231 g/mol. The molecule has 0 atom stereocenters. The molecule has 0 aromatic carbocycles. The molecule has 0 unspecified atom stereocenters. The highest BCUT2D eigenvalue weighted by atomic mass is 32.2. The summed E-state index contributed by atoms with van der Waals surface area (Å²) in [4.78, 5) is 0. The molecule has 0 aliphatic carbocycles. The number of sulfonamides is 1. The third kappa shape index (κ3) is 1.66. The molecule has 2 heterocycles. The molecule has 1 aromatic rings. The van der Waals surface area contributed by atoms with Gasteiger partial charge in [0, 0.05) is 32.7 Å². The number of aryl methyl sites for hydroxylation is 1. The zero-order chi connectivity index (χ0) is 11.1. The van der Waals surface area contributed by atoms with Crippen LogP contribution in [-0.4, -0.2) is 47.3 Å². The van der Waals surface area contributed by atoms with Gasteiger partial charge < -0.3 is 5.11 Å². The minimum absolute atomic E-state index is 0.0391. The normalized spacial score (nSPS) is 19.1. The van der Waals surface area contributed by atoms with Gasteiger partial charge in [-0.15, -0.1) is 0 Å². The van der Waals surface area contributed by atoms with Crippen molar-refractivity contribution in [3.8, 4) is 0 Å². The highest BCUT2D eigenvalue weighted by molar-refractivity contribution is 7.89. The standard InChI is InChI=1S/C8H13N3O3S/c1-10-8(2-3-9-10)15(13,14)11-4-7(5-11)6-12/h2-3,7,12H,4-6H2,1H3. The molecule has 1 N–H and O–H groups in total. The van der Waals surface area contributed by atoms with Crippen LogP contribution in [0.1, 0.15) is 0 Å². The number of aromatic nitrogens is 2. The summed E-state index contributed by atoms with van der Waals surface area (Å²) in [6.07, 6.45) is 1.45. The van der Waals surface area contributed by atoms with E-state index < -0.39 is 10.0 Å². The van der Waals surface area contributed by atoms with Crippen molar-refractivity contribution in [3.05, 3.63) is 12.3 Å². The number of hydrogen-bond donors (Lipinski definition) is 1. The Morgan fingerprint density at radius 3 is 2.73 bits per heavy atom. The van der Waals surface area contributed by atoms with Crippen LogP contribution in [0.4, 0.5) is 0 Å². The molecule has 2 rings (SSSR count). The van der Waals surface area contributed by atoms with Crippen LogP contribution in [0.2, 0.25) is 0 Å². The van der Waals surface area contributed by atoms with Gasteiger partial charge in [0.15, 0.2) is 5.03 Å². The van der Waals surface area contributed by atoms with Crippen molar-refractivity contribution in [3.63, 3.8) is 0 Å². The van der Waals surface area contributed by atoms with Gasteiger partial charge in [0.1, 0.15) is 0 Å². The summed E-state index contributed by atoms with van der Waals surface area (Å²) in [5, 5.41) is 12.8. The molecular weight excluding hydrogens is 218 g/mol. The molecule has 0 radical (unpaired) electrons. The molecule has 1 aliphatic rings. The average molecular weight is 231 g/mol. The van der Waals surface area contributed by atoms with E-state index in [2.05, 4.69) is 5.10 Å². The van der Waals surface area contributed by atoms with E-state index in [0.29, 0.717) is 13.1 Å². The molecule has 0 amide bonds. The fourth-order valence-corrected chi connectivity index (χ4v) is 3.27. The number of rotatable bonds is 3. The Morgan fingerprint density at radius 1 is 1.60 bits per heavy atom. The van der Waals surface area contributed by atoms with E-state index in [0.717, 1.165) is 0 Å². The minimum atomic E-state index is -3.41. The Morgan fingerprint density at radius 2 is 2.27 bits per heavy atom. The topological polar surface area (TPSA) is 75.4 Å². The predicted molar refractivity (Wildman–Crippen MR) is 52.5 cm³/mol. The molecule has 15 heavy (non-hydrogen) atoms. The molecular formula is C8H13N3O3S. The summed E-state index contributed by atoms with van der Waals surface area (Å²) in [6.45, 7) is 0.825. The van der Waals surface area contributed by atoms with E-state index in [-0.39, 0.29) is 17.6 Å². The van der Waals surface area contributed by atoms with Crippen molar-refractivity contribution in [2.45, 2.75) is 5.03 Å². The first-order chi connectivity index (χ1) is 7.05. The van der Waals surface area contributed by atoms with Crippen LogP contribution in [0.5, 0.6) is 0 Å². The van der Waals surface area contributed by atoms with Crippen molar-refractivity contribution in [1.29, 1.82) is 0 Å². The van der Waals surface area contributed by atoms with Crippen LogP contribution in [-0.2, 0) is 17.1 Å². The second-order valence-electron chi connectivity index (χ2n) is 3.66. The van der Waals surface area contributed by atoms with E-state index in [1.54, 1.807) is 7.05 Å². The Bertz CT molecular complexity index is 447. The van der Waals surface area contributed by atoms with Gasteiger partial charge in [-0.05, 0) is 6.07 Å². The van der Waals surface area contributed by atoms with E-state index in [9.17, 15) is 8.42 Å². The quantitative estimate of drug-likeness (QED) is 0.726. The third-order valence-electron chi connectivity index (χ3n) is 2.56. The molecule has 0 spiro atoms. The van der Waals surface area contributed by atoms with Gasteiger partial charge in [-0.1, -0.05) is 0 Å². The average Bonchev–Trinajstić information content (AvgIpc) is 2.49. The van der Waals surface area contributed by atoms with E-state index in [1.165, 1.54) is 21.3 Å². The number of nitrogens with zero attached hydrogens (tertiary/aromatic N) is 3. The van der Waals surface area contributed by atoms with Gasteiger partial charge in [-0.25, -0.2) is 8.42 Å². The maximum absolute atomic E-state index is 11.9. The SMILES string of the molecule is Cn1nccc1S(=O)(=O)N1CC(CO)C1. The lowest BCUT2D eigenvalue weighted by atomic mass is 10.1. The molecule has 84 valence electrons. The second-order valence-corrected chi connectivity index (χ2v) is 5.55. The lowest BCUT2D eigenvalue weighted by Crippen LogP contribution is -2.51. The smallest absolute Gasteiger partial charge is 0.260 e. The van der Waals surface area contributed by atoms with Gasteiger partial charge >= 0.3 is 0 Å². The number of aliphatic hydroxyl groups excluding tert-OH is 1. The summed E-state index contributed by atoms with van der Waals surface area (Å²) >= 11 is 0. The lowest BCUT2D eigenvalue weighted by Gasteiger charge is -2.36. The van der Waals surface area contributed by atoms with E-state index in [4.69, 9.17) is 5.11 Å². The van der Waals surface area contributed by atoms with Crippen LogP contribution in [0, 0.1) is 5.92 Å². The highest BCUT2D eigenvalue weighted by Crippen LogP contribution is 2.23.